The highest BCUT2D eigenvalue weighted by molar-refractivity contribution is 6.09. The van der Waals surface area contributed by atoms with Crippen LogP contribution in [-0.4, -0.2) is 83.1 Å². The molecule has 0 aliphatic carbocycles. The van der Waals surface area contributed by atoms with Crippen molar-refractivity contribution in [1.82, 2.24) is 15.1 Å². The lowest BCUT2D eigenvalue weighted by atomic mass is 9.76. The number of aliphatic carboxylic acids is 1. The molecule has 2 aliphatic heterocycles. The van der Waals surface area contributed by atoms with Crippen LogP contribution in [0, 0.1) is 11.8 Å². The number of esters is 1. The first-order valence-electron chi connectivity index (χ1n) is 14.4. The maximum absolute atomic E-state index is 14.0. The van der Waals surface area contributed by atoms with Gasteiger partial charge >= 0.3 is 24.1 Å². The fourth-order valence-corrected chi connectivity index (χ4v) is 5.90. The third-order valence-corrected chi connectivity index (χ3v) is 7.99. The number of hydrogen-bond donors (Lipinski definition) is 3. The maximum atomic E-state index is 14.0. The number of halogens is 3. The van der Waals surface area contributed by atoms with Crippen LogP contribution in [0.2, 0.25) is 0 Å². The Hall–Kier alpha value is -5.24. The molecule has 3 aromatic carbocycles. The van der Waals surface area contributed by atoms with E-state index in [1.807, 2.05) is 78.9 Å². The highest BCUT2D eigenvalue weighted by atomic mass is 19.4. The lowest BCUT2D eigenvalue weighted by molar-refractivity contribution is -0.192. The zero-order valence-electron chi connectivity index (χ0n) is 25.4. The van der Waals surface area contributed by atoms with E-state index in [1.165, 1.54) is 16.9 Å². The number of amides is 4. The third kappa shape index (κ3) is 7.77. The molecule has 4 amide bonds. The second-order valence-electron chi connectivity index (χ2n) is 11.1. The summed E-state index contributed by atoms with van der Waals surface area (Å²) >= 11 is 0. The minimum absolute atomic E-state index is 0.0889. The average molecular weight is 655 g/mol. The fraction of sp³-hybridized carbons (Fsp3) is 0.303. The normalized spacial score (nSPS) is 21.7. The Morgan fingerprint density at radius 1 is 0.915 bits per heavy atom. The molecule has 0 saturated carbocycles. The van der Waals surface area contributed by atoms with Gasteiger partial charge in [0.2, 0.25) is 11.8 Å². The maximum Gasteiger partial charge on any atom is 0.490 e. The summed E-state index contributed by atoms with van der Waals surface area (Å²) in [4.78, 5) is 66.1. The predicted octanol–water partition coefficient (Wildman–Crippen LogP) is 3.71. The van der Waals surface area contributed by atoms with E-state index in [4.69, 9.17) is 14.6 Å². The number of nitrogens with zero attached hydrogens (tertiary/aromatic N) is 2. The number of likely N-dealkylation sites (tertiary alicyclic amines) is 1. The number of benzene rings is 3. The van der Waals surface area contributed by atoms with E-state index in [2.05, 4.69) is 10.6 Å². The van der Waals surface area contributed by atoms with Gasteiger partial charge in [0.1, 0.15) is 5.54 Å². The molecule has 11 nitrogen and oxygen atoms in total. The van der Waals surface area contributed by atoms with Crippen molar-refractivity contribution in [3.05, 3.63) is 102 Å². The lowest BCUT2D eigenvalue weighted by Gasteiger charge is -2.33. The number of ether oxygens (including phenoxy) is 1. The Bertz CT molecular complexity index is 1590. The number of rotatable bonds is 8. The van der Waals surface area contributed by atoms with E-state index in [-0.39, 0.29) is 31.4 Å². The van der Waals surface area contributed by atoms with Crippen molar-refractivity contribution < 1.29 is 47.0 Å². The number of hydrogen-bond acceptors (Lipinski definition) is 7. The van der Waals surface area contributed by atoms with Gasteiger partial charge in [0.25, 0.3) is 0 Å². The van der Waals surface area contributed by atoms with Gasteiger partial charge in [-0.3, -0.25) is 24.6 Å². The zero-order valence-corrected chi connectivity index (χ0v) is 25.4. The van der Waals surface area contributed by atoms with Crippen LogP contribution < -0.4 is 10.6 Å². The van der Waals surface area contributed by atoms with Crippen molar-refractivity contribution >= 4 is 35.5 Å². The standard InChI is InChI=1S/C31H32N4O5.C2HF3O2/c1-34(30(39)32-23-16-10-5-11-17-23)20-24-25-26(28(37)35(27(25)36)19-22-14-8-4-9-15-22)31(33-24,29(38)40-2)18-21-12-6-3-7-13-21;3-2(4,5)1(6)7/h3-17,24-26,33H,18-20H2,1-2H3,(H,32,39);(H,6,7)/t24-,25+,26-,31-;/m1./s1. The number of carboxylic acid groups (broad SMARTS) is 1. The van der Waals surface area contributed by atoms with Crippen LogP contribution in [0.5, 0.6) is 0 Å². The monoisotopic (exact) mass is 654 g/mol. The Morgan fingerprint density at radius 3 is 1.94 bits per heavy atom. The summed E-state index contributed by atoms with van der Waals surface area (Å²) in [5, 5.41) is 13.3. The molecule has 0 bridgehead atoms. The number of imide groups is 1. The van der Waals surface area contributed by atoms with Crippen LogP contribution in [0.3, 0.4) is 0 Å². The summed E-state index contributed by atoms with van der Waals surface area (Å²) in [6.45, 7) is 0.191. The zero-order chi connectivity index (χ0) is 34.4. The van der Waals surface area contributed by atoms with Crippen LogP contribution in [-0.2, 0) is 36.9 Å². The Kier molecular flexibility index (Phi) is 10.7. The van der Waals surface area contributed by atoms with Crippen LogP contribution in [0.4, 0.5) is 23.7 Å². The van der Waals surface area contributed by atoms with Gasteiger partial charge < -0.3 is 20.1 Å². The van der Waals surface area contributed by atoms with E-state index < -0.39 is 47.4 Å². The highest BCUT2D eigenvalue weighted by Gasteiger charge is 2.68. The van der Waals surface area contributed by atoms with Gasteiger partial charge in [0, 0.05) is 31.7 Å². The molecule has 47 heavy (non-hydrogen) atoms. The molecule has 2 heterocycles. The Balaban J connectivity index is 0.000000644. The Morgan fingerprint density at radius 2 is 1.43 bits per heavy atom. The number of carboxylic acids is 1. The van der Waals surface area contributed by atoms with Crippen molar-refractivity contribution in [2.24, 2.45) is 11.8 Å². The van der Waals surface area contributed by atoms with Gasteiger partial charge in [-0.2, -0.15) is 13.2 Å². The minimum atomic E-state index is -5.08. The second kappa shape index (κ2) is 14.5. The topological polar surface area (TPSA) is 145 Å². The number of urea groups is 1. The van der Waals surface area contributed by atoms with Crippen molar-refractivity contribution in [3.8, 4) is 0 Å². The van der Waals surface area contributed by atoms with Crippen LogP contribution in [0.15, 0.2) is 91.0 Å². The minimum Gasteiger partial charge on any atom is -0.475 e. The molecule has 2 aliphatic rings. The SMILES string of the molecule is COC(=O)[C@]1(Cc2ccccc2)N[C@H](CN(C)C(=O)Nc2ccccc2)[C@@H]2C(=O)N(Cc3ccccc3)C(=O)[C@@H]21.O=C(O)C(F)(F)F. The van der Waals surface area contributed by atoms with E-state index >= 15 is 0 Å². The molecular formula is C33H33F3N4O7. The lowest BCUT2D eigenvalue weighted by Crippen LogP contribution is -2.59. The first kappa shape index (κ1) is 34.6. The van der Waals surface area contributed by atoms with Gasteiger partial charge in [-0.05, 0) is 23.3 Å². The molecule has 0 aromatic heterocycles. The number of carbonyl (C=O) groups excluding carboxylic acids is 4. The van der Waals surface area contributed by atoms with E-state index in [1.54, 1.807) is 19.2 Å². The fourth-order valence-electron chi connectivity index (χ4n) is 5.90. The molecule has 2 saturated heterocycles. The second-order valence-corrected chi connectivity index (χ2v) is 11.1. The van der Waals surface area contributed by atoms with E-state index in [9.17, 15) is 32.3 Å². The molecule has 2 fully saturated rings. The molecule has 3 aromatic rings. The highest BCUT2D eigenvalue weighted by Crippen LogP contribution is 2.45. The molecular weight excluding hydrogens is 621 g/mol. The number of anilines is 1. The van der Waals surface area contributed by atoms with Gasteiger partial charge in [0.05, 0.1) is 25.5 Å². The molecule has 0 spiro atoms. The van der Waals surface area contributed by atoms with E-state index in [0.29, 0.717) is 5.69 Å². The average Bonchev–Trinajstić information content (AvgIpc) is 3.50. The molecule has 248 valence electrons. The van der Waals surface area contributed by atoms with Crippen LogP contribution in [0.25, 0.3) is 0 Å². The third-order valence-electron chi connectivity index (χ3n) is 7.99. The van der Waals surface area contributed by atoms with Crippen LogP contribution >= 0.6 is 0 Å². The van der Waals surface area contributed by atoms with Crippen molar-refractivity contribution in [2.45, 2.75) is 30.7 Å². The number of likely N-dealkylation sites (N-methyl/N-ethyl adjacent to an activating group) is 1. The number of carbonyl (C=O) groups is 5. The summed E-state index contributed by atoms with van der Waals surface area (Å²) in [5.74, 6) is -6.02. The summed E-state index contributed by atoms with van der Waals surface area (Å²) in [7, 11) is 2.90. The molecule has 5 rings (SSSR count). The largest absolute Gasteiger partial charge is 0.490 e. The number of nitrogens with one attached hydrogen (secondary N) is 2. The van der Waals surface area contributed by atoms with Gasteiger partial charge in [0.15, 0.2) is 0 Å². The predicted molar refractivity (Wildman–Crippen MR) is 163 cm³/mol. The quantitative estimate of drug-likeness (QED) is 0.246. The van der Waals surface area contributed by atoms with Crippen molar-refractivity contribution in [2.75, 3.05) is 26.0 Å². The molecule has 14 heteroatoms. The molecule has 0 radical (unpaired) electrons. The molecule has 3 N–H and O–H groups in total. The number of alkyl halides is 3. The summed E-state index contributed by atoms with van der Waals surface area (Å²) in [6, 6.07) is 26.6. The first-order chi connectivity index (χ1) is 22.3. The first-order valence-corrected chi connectivity index (χ1v) is 14.4. The van der Waals surface area contributed by atoms with Crippen molar-refractivity contribution in [1.29, 1.82) is 0 Å². The van der Waals surface area contributed by atoms with Gasteiger partial charge in [-0.15, -0.1) is 0 Å². The number of para-hydroxylation sites is 1. The smallest absolute Gasteiger partial charge is 0.475 e. The van der Waals surface area contributed by atoms with Gasteiger partial charge in [-0.25, -0.2) is 9.59 Å². The molecule has 4 atom stereocenters. The summed E-state index contributed by atoms with van der Waals surface area (Å²) < 4.78 is 37.0. The molecule has 0 unspecified atom stereocenters. The summed E-state index contributed by atoms with van der Waals surface area (Å²) in [5.41, 5.74) is 0.766. The van der Waals surface area contributed by atoms with E-state index in [0.717, 1.165) is 11.1 Å². The number of methoxy groups -OCH3 is 1. The van der Waals surface area contributed by atoms with Crippen molar-refractivity contribution in [3.63, 3.8) is 0 Å². The van der Waals surface area contributed by atoms with Gasteiger partial charge in [-0.1, -0.05) is 78.9 Å². The van der Waals surface area contributed by atoms with Crippen LogP contribution in [0.1, 0.15) is 11.1 Å². The number of fused-ring (bicyclic) bond motifs is 1. The summed E-state index contributed by atoms with van der Waals surface area (Å²) in [6.07, 6.45) is -4.93. The Labute approximate surface area is 268 Å².